The molecule has 1 aliphatic rings. The van der Waals surface area contributed by atoms with E-state index in [1.807, 2.05) is 11.6 Å². The summed E-state index contributed by atoms with van der Waals surface area (Å²) in [6, 6.07) is 0.0774. The summed E-state index contributed by atoms with van der Waals surface area (Å²) in [5.41, 5.74) is 3.42. The summed E-state index contributed by atoms with van der Waals surface area (Å²) in [4.78, 5) is 13.3. The third-order valence-electron chi connectivity index (χ3n) is 4.34. The Morgan fingerprint density at radius 3 is 2.81 bits per heavy atom. The van der Waals surface area contributed by atoms with Crippen molar-refractivity contribution < 1.29 is 14.6 Å². The van der Waals surface area contributed by atoms with Gasteiger partial charge in [-0.25, -0.2) is 0 Å². The van der Waals surface area contributed by atoms with Crippen LogP contribution >= 0.6 is 0 Å². The SMILES string of the molecule is CCn1nc(C)c(C(C)N2CCOCC2CC(=O)O)c1C. The zero-order valence-electron chi connectivity index (χ0n) is 13.3. The van der Waals surface area contributed by atoms with Gasteiger partial charge in [-0.05, 0) is 27.7 Å². The van der Waals surface area contributed by atoms with E-state index in [-0.39, 0.29) is 18.5 Å². The topological polar surface area (TPSA) is 67.6 Å². The van der Waals surface area contributed by atoms with Gasteiger partial charge in [-0.1, -0.05) is 0 Å². The van der Waals surface area contributed by atoms with Crippen molar-refractivity contribution in [2.24, 2.45) is 0 Å². The van der Waals surface area contributed by atoms with E-state index in [1.165, 1.54) is 11.3 Å². The largest absolute Gasteiger partial charge is 0.481 e. The minimum atomic E-state index is -0.777. The van der Waals surface area contributed by atoms with Crippen LogP contribution in [0.25, 0.3) is 0 Å². The number of morpholine rings is 1. The molecule has 0 amide bonds. The van der Waals surface area contributed by atoms with Crippen LogP contribution in [0.2, 0.25) is 0 Å². The number of hydrogen-bond acceptors (Lipinski definition) is 4. The number of carboxylic acids is 1. The highest BCUT2D eigenvalue weighted by atomic mass is 16.5. The molecule has 1 aromatic rings. The van der Waals surface area contributed by atoms with Gasteiger partial charge in [-0.3, -0.25) is 14.4 Å². The van der Waals surface area contributed by atoms with E-state index in [0.29, 0.717) is 13.2 Å². The van der Waals surface area contributed by atoms with Crippen LogP contribution < -0.4 is 0 Å². The molecule has 0 aliphatic carbocycles. The van der Waals surface area contributed by atoms with E-state index in [0.717, 1.165) is 18.8 Å². The predicted octanol–water partition coefficient (Wildman–Crippen LogP) is 1.76. The molecule has 1 fully saturated rings. The zero-order valence-corrected chi connectivity index (χ0v) is 13.3. The van der Waals surface area contributed by atoms with Crippen molar-refractivity contribution in [1.82, 2.24) is 14.7 Å². The third kappa shape index (κ3) is 3.27. The molecular formula is C15H25N3O3. The van der Waals surface area contributed by atoms with E-state index in [2.05, 4.69) is 30.8 Å². The molecule has 1 saturated heterocycles. The lowest BCUT2D eigenvalue weighted by atomic mass is 10.0. The summed E-state index contributed by atoms with van der Waals surface area (Å²) in [5, 5.41) is 13.7. The summed E-state index contributed by atoms with van der Waals surface area (Å²) < 4.78 is 7.47. The van der Waals surface area contributed by atoms with Crippen LogP contribution in [0.3, 0.4) is 0 Å². The van der Waals surface area contributed by atoms with Crippen molar-refractivity contribution >= 4 is 5.97 Å². The van der Waals surface area contributed by atoms with Crippen molar-refractivity contribution in [2.45, 2.75) is 52.7 Å². The van der Waals surface area contributed by atoms with Crippen LogP contribution in [0.15, 0.2) is 0 Å². The molecule has 118 valence electrons. The number of nitrogens with zero attached hydrogens (tertiary/aromatic N) is 3. The van der Waals surface area contributed by atoms with E-state index in [9.17, 15) is 4.79 Å². The second-order valence-electron chi connectivity index (χ2n) is 5.64. The highest BCUT2D eigenvalue weighted by Gasteiger charge is 2.32. The normalized spacial score (nSPS) is 21.4. The first-order valence-corrected chi connectivity index (χ1v) is 7.54. The Kier molecular flexibility index (Phi) is 5.00. The number of aliphatic carboxylic acids is 1. The van der Waals surface area contributed by atoms with E-state index < -0.39 is 5.97 Å². The zero-order chi connectivity index (χ0) is 15.6. The van der Waals surface area contributed by atoms with Crippen LogP contribution in [0, 0.1) is 13.8 Å². The van der Waals surface area contributed by atoms with Gasteiger partial charge in [0.1, 0.15) is 0 Å². The predicted molar refractivity (Wildman–Crippen MR) is 79.4 cm³/mol. The van der Waals surface area contributed by atoms with Gasteiger partial charge in [0.2, 0.25) is 0 Å². The molecule has 0 saturated carbocycles. The summed E-state index contributed by atoms with van der Waals surface area (Å²) >= 11 is 0. The summed E-state index contributed by atoms with van der Waals surface area (Å²) in [7, 11) is 0. The molecule has 0 aromatic carbocycles. The lowest BCUT2D eigenvalue weighted by Gasteiger charge is -2.39. The second kappa shape index (κ2) is 6.58. The van der Waals surface area contributed by atoms with Crippen molar-refractivity contribution in [2.75, 3.05) is 19.8 Å². The molecule has 21 heavy (non-hydrogen) atoms. The Morgan fingerprint density at radius 2 is 2.24 bits per heavy atom. The molecule has 2 heterocycles. The number of aryl methyl sites for hydroxylation is 2. The second-order valence-corrected chi connectivity index (χ2v) is 5.64. The van der Waals surface area contributed by atoms with Gasteiger partial charge in [-0.2, -0.15) is 5.10 Å². The quantitative estimate of drug-likeness (QED) is 0.896. The van der Waals surface area contributed by atoms with Gasteiger partial charge >= 0.3 is 5.97 Å². The molecule has 0 spiro atoms. The van der Waals surface area contributed by atoms with E-state index in [4.69, 9.17) is 9.84 Å². The fourth-order valence-corrected chi connectivity index (χ4v) is 3.34. The molecular weight excluding hydrogens is 270 g/mol. The monoisotopic (exact) mass is 295 g/mol. The maximum Gasteiger partial charge on any atom is 0.305 e. The van der Waals surface area contributed by atoms with Gasteiger partial charge < -0.3 is 9.84 Å². The Bertz CT molecular complexity index is 513. The average molecular weight is 295 g/mol. The fourth-order valence-electron chi connectivity index (χ4n) is 3.34. The van der Waals surface area contributed by atoms with E-state index >= 15 is 0 Å². The smallest absolute Gasteiger partial charge is 0.305 e. The maximum atomic E-state index is 11.1. The Morgan fingerprint density at radius 1 is 1.52 bits per heavy atom. The molecule has 2 unspecified atom stereocenters. The van der Waals surface area contributed by atoms with Crippen molar-refractivity contribution in [1.29, 1.82) is 0 Å². The molecule has 1 aromatic heterocycles. The van der Waals surface area contributed by atoms with E-state index in [1.54, 1.807) is 0 Å². The van der Waals surface area contributed by atoms with Gasteiger partial charge in [0.15, 0.2) is 0 Å². The van der Waals surface area contributed by atoms with Gasteiger partial charge in [0.25, 0.3) is 0 Å². The third-order valence-corrected chi connectivity index (χ3v) is 4.34. The molecule has 6 nitrogen and oxygen atoms in total. The highest BCUT2D eigenvalue weighted by molar-refractivity contribution is 5.67. The molecule has 6 heteroatoms. The van der Waals surface area contributed by atoms with Gasteiger partial charge in [0, 0.05) is 36.4 Å². The first kappa shape index (κ1) is 16.0. The Labute approximate surface area is 125 Å². The van der Waals surface area contributed by atoms with Crippen molar-refractivity contribution in [3.8, 4) is 0 Å². The number of rotatable bonds is 5. The van der Waals surface area contributed by atoms with Crippen LogP contribution in [-0.4, -0.2) is 51.6 Å². The number of hydrogen-bond donors (Lipinski definition) is 1. The summed E-state index contributed by atoms with van der Waals surface area (Å²) in [5.74, 6) is -0.777. The Balaban J connectivity index is 2.26. The molecule has 0 radical (unpaired) electrons. The summed E-state index contributed by atoms with van der Waals surface area (Å²) in [6.07, 6.45) is 0.115. The van der Waals surface area contributed by atoms with Crippen molar-refractivity contribution in [3.05, 3.63) is 17.0 Å². The maximum absolute atomic E-state index is 11.1. The summed E-state index contributed by atoms with van der Waals surface area (Å²) in [6.45, 7) is 11.1. The molecule has 2 rings (SSSR count). The van der Waals surface area contributed by atoms with Crippen LogP contribution in [0.1, 0.15) is 43.3 Å². The lowest BCUT2D eigenvalue weighted by molar-refractivity contribution is -0.140. The molecule has 1 N–H and O–H groups in total. The standard InChI is InChI=1S/C15H25N3O3/c1-5-18-12(4)15(10(2)16-18)11(3)17-6-7-21-9-13(17)8-14(19)20/h11,13H,5-9H2,1-4H3,(H,19,20). The lowest BCUT2D eigenvalue weighted by Crippen LogP contribution is -2.47. The Hall–Kier alpha value is -1.40. The van der Waals surface area contributed by atoms with Gasteiger partial charge in [-0.15, -0.1) is 0 Å². The van der Waals surface area contributed by atoms with Crippen LogP contribution in [0.4, 0.5) is 0 Å². The molecule has 0 bridgehead atoms. The first-order chi connectivity index (χ1) is 9.95. The van der Waals surface area contributed by atoms with Crippen LogP contribution in [-0.2, 0) is 16.1 Å². The van der Waals surface area contributed by atoms with Gasteiger partial charge in [0.05, 0.1) is 25.3 Å². The minimum Gasteiger partial charge on any atom is -0.481 e. The number of carboxylic acid groups (broad SMARTS) is 1. The highest BCUT2D eigenvalue weighted by Crippen LogP contribution is 2.30. The minimum absolute atomic E-state index is 0.0740. The first-order valence-electron chi connectivity index (χ1n) is 7.54. The molecule has 1 aliphatic heterocycles. The number of ether oxygens (including phenoxy) is 1. The molecule has 2 atom stereocenters. The fraction of sp³-hybridized carbons (Fsp3) is 0.733. The number of aromatic nitrogens is 2. The van der Waals surface area contributed by atoms with Crippen molar-refractivity contribution in [3.63, 3.8) is 0 Å². The van der Waals surface area contributed by atoms with Crippen LogP contribution in [0.5, 0.6) is 0 Å². The average Bonchev–Trinajstić information content (AvgIpc) is 2.72. The number of carbonyl (C=O) groups is 1.